The Balaban J connectivity index is 1.71. The standard InChI is InChI=1S/C22H27ClN2O2S/c1-15-10-16(2)12-18(11-15)27-9-5-6-17-13-25(14-21(26)24-28-3)20-8-4-7-19(23)22(17)20/h8,10-13H,4-7,9,14H2,1-3H3,(H,24,26). The lowest BCUT2D eigenvalue weighted by Gasteiger charge is -2.08. The average Bonchev–Trinajstić information content (AvgIpc) is 2.97. The molecule has 0 saturated heterocycles. The van der Waals surface area contributed by atoms with Crippen LogP contribution in [0.5, 0.6) is 5.75 Å². The first-order valence-electron chi connectivity index (χ1n) is 9.57. The second-order valence-electron chi connectivity index (χ2n) is 7.19. The van der Waals surface area contributed by atoms with Gasteiger partial charge in [0.15, 0.2) is 0 Å². The number of hydrogen-bond donors (Lipinski definition) is 1. The first-order chi connectivity index (χ1) is 13.5. The maximum atomic E-state index is 12.0. The van der Waals surface area contributed by atoms with Crippen molar-refractivity contribution in [1.29, 1.82) is 0 Å². The van der Waals surface area contributed by atoms with Crippen LogP contribution < -0.4 is 20.0 Å². The molecule has 3 rings (SSSR count). The number of aromatic nitrogens is 1. The van der Waals surface area contributed by atoms with Gasteiger partial charge in [-0.05, 0) is 68.4 Å². The maximum Gasteiger partial charge on any atom is 0.249 e. The van der Waals surface area contributed by atoms with E-state index in [0.29, 0.717) is 13.2 Å². The molecule has 0 radical (unpaired) electrons. The van der Waals surface area contributed by atoms with Crippen LogP contribution >= 0.6 is 23.5 Å². The number of benzene rings is 1. The van der Waals surface area contributed by atoms with E-state index in [2.05, 4.69) is 49.0 Å². The molecule has 1 aromatic heterocycles. The van der Waals surface area contributed by atoms with E-state index in [9.17, 15) is 4.79 Å². The number of ether oxygens (including phenoxy) is 1. The van der Waals surface area contributed by atoms with Gasteiger partial charge in [0.25, 0.3) is 0 Å². The van der Waals surface area contributed by atoms with Gasteiger partial charge in [0.1, 0.15) is 12.3 Å². The van der Waals surface area contributed by atoms with E-state index in [1.165, 1.54) is 28.6 Å². The summed E-state index contributed by atoms with van der Waals surface area (Å²) in [5.41, 5.74) is 3.61. The van der Waals surface area contributed by atoms with E-state index in [1.54, 1.807) is 0 Å². The Morgan fingerprint density at radius 2 is 2.04 bits per heavy atom. The fourth-order valence-corrected chi connectivity index (χ4v) is 4.33. The molecule has 1 aliphatic carbocycles. The molecule has 0 bridgehead atoms. The molecule has 0 fully saturated rings. The Morgan fingerprint density at radius 1 is 1.29 bits per heavy atom. The third-order valence-electron chi connectivity index (χ3n) is 4.76. The molecule has 0 aliphatic heterocycles. The van der Waals surface area contributed by atoms with Crippen LogP contribution in [0.4, 0.5) is 0 Å². The van der Waals surface area contributed by atoms with E-state index < -0.39 is 0 Å². The fourth-order valence-electron chi connectivity index (χ4n) is 3.71. The highest BCUT2D eigenvalue weighted by Crippen LogP contribution is 2.17. The summed E-state index contributed by atoms with van der Waals surface area (Å²) in [5.74, 6) is 0.911. The number of rotatable bonds is 8. The van der Waals surface area contributed by atoms with Crippen molar-refractivity contribution in [2.24, 2.45) is 0 Å². The van der Waals surface area contributed by atoms with Crippen molar-refractivity contribution < 1.29 is 9.53 Å². The van der Waals surface area contributed by atoms with Crippen molar-refractivity contribution in [3.8, 4) is 5.75 Å². The molecule has 1 aromatic carbocycles. The summed E-state index contributed by atoms with van der Waals surface area (Å²) >= 11 is 7.87. The highest BCUT2D eigenvalue weighted by Gasteiger charge is 2.14. The molecule has 28 heavy (non-hydrogen) atoms. The topological polar surface area (TPSA) is 43.3 Å². The minimum absolute atomic E-state index is 0.00917. The summed E-state index contributed by atoms with van der Waals surface area (Å²) in [7, 11) is 0. The van der Waals surface area contributed by atoms with Gasteiger partial charge in [0.2, 0.25) is 5.91 Å². The van der Waals surface area contributed by atoms with Gasteiger partial charge in [-0.25, -0.2) is 0 Å². The van der Waals surface area contributed by atoms with Crippen LogP contribution in [0.25, 0.3) is 11.1 Å². The molecule has 0 atom stereocenters. The number of nitrogens with one attached hydrogen (secondary N) is 1. The largest absolute Gasteiger partial charge is 0.494 e. The second kappa shape index (κ2) is 9.57. The van der Waals surface area contributed by atoms with E-state index in [-0.39, 0.29) is 5.91 Å². The molecule has 2 aromatic rings. The molecular weight excluding hydrogens is 392 g/mol. The molecule has 0 spiro atoms. The Morgan fingerprint density at radius 3 is 2.75 bits per heavy atom. The van der Waals surface area contributed by atoms with Crippen molar-refractivity contribution >= 4 is 40.6 Å². The van der Waals surface area contributed by atoms with Crippen molar-refractivity contribution in [1.82, 2.24) is 9.29 Å². The number of halogens is 1. The van der Waals surface area contributed by atoms with Gasteiger partial charge in [-0.1, -0.05) is 35.7 Å². The van der Waals surface area contributed by atoms with Gasteiger partial charge in [-0.15, -0.1) is 0 Å². The zero-order chi connectivity index (χ0) is 20.1. The molecular formula is C22H27ClN2O2S. The van der Waals surface area contributed by atoms with Crippen LogP contribution in [-0.4, -0.2) is 23.3 Å². The minimum Gasteiger partial charge on any atom is -0.494 e. The molecule has 4 nitrogen and oxygen atoms in total. The number of carbonyl (C=O) groups is 1. The van der Waals surface area contributed by atoms with Crippen LogP contribution in [0.3, 0.4) is 0 Å². The molecule has 1 amide bonds. The second-order valence-corrected chi connectivity index (χ2v) is 8.26. The summed E-state index contributed by atoms with van der Waals surface area (Å²) in [6, 6.07) is 6.27. The molecule has 1 heterocycles. The van der Waals surface area contributed by atoms with Gasteiger partial charge < -0.3 is 9.30 Å². The summed E-state index contributed by atoms with van der Waals surface area (Å²) in [4.78, 5) is 12.0. The molecule has 150 valence electrons. The van der Waals surface area contributed by atoms with Gasteiger partial charge in [0, 0.05) is 28.1 Å². The van der Waals surface area contributed by atoms with E-state index in [0.717, 1.165) is 47.0 Å². The van der Waals surface area contributed by atoms with Crippen LogP contribution in [0.1, 0.15) is 36.0 Å². The van der Waals surface area contributed by atoms with Crippen LogP contribution in [0, 0.1) is 13.8 Å². The zero-order valence-electron chi connectivity index (χ0n) is 16.7. The minimum atomic E-state index is -0.00917. The van der Waals surface area contributed by atoms with Crippen molar-refractivity contribution in [3.63, 3.8) is 0 Å². The third-order valence-corrected chi connectivity index (χ3v) is 5.57. The SMILES string of the molecule is CSNC(=O)Cn1cc(CCCOc2cc(C)cc(C)c2)c2c1=CCCC=2Cl. The van der Waals surface area contributed by atoms with Crippen molar-refractivity contribution in [2.45, 2.75) is 46.1 Å². The Labute approximate surface area is 175 Å². The average molecular weight is 419 g/mol. The van der Waals surface area contributed by atoms with E-state index in [1.807, 2.05) is 10.8 Å². The van der Waals surface area contributed by atoms with Crippen molar-refractivity contribution in [2.75, 3.05) is 12.9 Å². The first-order valence-corrected chi connectivity index (χ1v) is 11.2. The summed E-state index contributed by atoms with van der Waals surface area (Å²) < 4.78 is 10.7. The summed E-state index contributed by atoms with van der Waals surface area (Å²) in [6.07, 6.45) is 9.64. The smallest absolute Gasteiger partial charge is 0.249 e. The first kappa shape index (κ1) is 20.9. The van der Waals surface area contributed by atoms with Gasteiger partial charge >= 0.3 is 0 Å². The van der Waals surface area contributed by atoms with Crippen LogP contribution in [-0.2, 0) is 17.8 Å². The van der Waals surface area contributed by atoms with Crippen LogP contribution in [0.2, 0.25) is 0 Å². The molecule has 1 N–H and O–H groups in total. The van der Waals surface area contributed by atoms with Gasteiger partial charge in [0.05, 0.1) is 6.61 Å². The molecule has 0 unspecified atom stereocenters. The summed E-state index contributed by atoms with van der Waals surface area (Å²) in [5, 5.41) is 3.07. The van der Waals surface area contributed by atoms with Gasteiger partial charge in [-0.3, -0.25) is 9.52 Å². The predicted molar refractivity (Wildman–Crippen MR) is 118 cm³/mol. The van der Waals surface area contributed by atoms with E-state index >= 15 is 0 Å². The number of carbonyl (C=O) groups excluding carboxylic acids is 1. The number of aryl methyl sites for hydroxylation is 3. The third kappa shape index (κ3) is 5.15. The monoisotopic (exact) mass is 418 g/mol. The molecule has 0 saturated carbocycles. The Hall–Kier alpha value is -1.85. The highest BCUT2D eigenvalue weighted by molar-refractivity contribution is 7.97. The summed E-state index contributed by atoms with van der Waals surface area (Å²) in [6.45, 7) is 5.12. The maximum absolute atomic E-state index is 12.0. The lowest BCUT2D eigenvalue weighted by atomic mass is 10.1. The quantitative estimate of drug-likeness (QED) is 0.527. The Bertz CT molecular complexity index is 961. The normalized spacial score (nSPS) is 13.1. The number of hydrogen-bond acceptors (Lipinski definition) is 3. The van der Waals surface area contributed by atoms with Crippen molar-refractivity contribution in [3.05, 3.63) is 51.7 Å². The predicted octanol–water partition coefficient (Wildman–Crippen LogP) is 3.43. The number of fused-ring (bicyclic) bond motifs is 1. The molecule has 1 aliphatic rings. The Kier molecular flexibility index (Phi) is 7.13. The number of amides is 1. The lowest BCUT2D eigenvalue weighted by Crippen LogP contribution is -2.36. The zero-order valence-corrected chi connectivity index (χ0v) is 18.3. The lowest BCUT2D eigenvalue weighted by molar-refractivity contribution is -0.119. The van der Waals surface area contributed by atoms with E-state index in [4.69, 9.17) is 16.3 Å². The van der Waals surface area contributed by atoms with Crippen LogP contribution in [0.15, 0.2) is 24.4 Å². The number of nitrogens with zero attached hydrogens (tertiary/aromatic N) is 1. The van der Waals surface area contributed by atoms with Gasteiger partial charge in [-0.2, -0.15) is 0 Å². The molecule has 6 heteroatoms. The highest BCUT2D eigenvalue weighted by atomic mass is 35.5. The fraction of sp³-hybridized carbons (Fsp3) is 0.409.